The largest absolute Gasteiger partial charge is 0.487 e. The second kappa shape index (κ2) is 14.3. The number of benzene rings is 3. The first-order valence-electron chi connectivity index (χ1n) is 12.3. The molecule has 1 N–H and O–H groups in total. The Hall–Kier alpha value is -3.55. The van der Waals surface area contributed by atoms with Crippen LogP contribution < -0.4 is 9.47 Å². The predicted molar refractivity (Wildman–Crippen MR) is 145 cm³/mol. The molecule has 0 aliphatic carbocycles. The highest BCUT2D eigenvalue weighted by molar-refractivity contribution is 6.16. The van der Waals surface area contributed by atoms with Gasteiger partial charge in [-0.1, -0.05) is 35.9 Å². The maximum atomic E-state index is 15.4. The molecule has 0 saturated carbocycles. The lowest BCUT2D eigenvalue weighted by atomic mass is 9.95. The third kappa shape index (κ3) is 7.97. The normalized spacial score (nSPS) is 11.4. The van der Waals surface area contributed by atoms with Crippen molar-refractivity contribution in [3.63, 3.8) is 0 Å². The number of aryl methyl sites for hydroxylation is 4. The summed E-state index contributed by atoms with van der Waals surface area (Å²) in [7, 11) is 3.21. The first-order chi connectivity index (χ1) is 18.0. The SMILES string of the molecule is COCCOc1cc(C)c(C(=NC=N)c2ccc(CCc3ccc(C)cc3)cc2F)cc1OCCOC. The smallest absolute Gasteiger partial charge is 0.161 e. The van der Waals surface area contributed by atoms with Crippen LogP contribution in [0, 0.1) is 25.1 Å². The molecule has 0 fully saturated rings. The zero-order valence-corrected chi connectivity index (χ0v) is 22.0. The van der Waals surface area contributed by atoms with Gasteiger partial charge in [0.25, 0.3) is 0 Å². The highest BCUT2D eigenvalue weighted by Gasteiger charge is 2.19. The Morgan fingerprint density at radius 3 is 1.97 bits per heavy atom. The summed E-state index contributed by atoms with van der Waals surface area (Å²) in [6, 6.07) is 17.2. The molecule has 3 aromatic carbocycles. The van der Waals surface area contributed by atoms with E-state index in [0.29, 0.717) is 54.8 Å². The molecule has 0 atom stereocenters. The third-order valence-electron chi connectivity index (χ3n) is 5.94. The van der Waals surface area contributed by atoms with Crippen LogP contribution >= 0.6 is 0 Å². The van der Waals surface area contributed by atoms with Gasteiger partial charge in [-0.25, -0.2) is 9.38 Å². The minimum Gasteiger partial charge on any atom is -0.487 e. The fraction of sp³-hybridized carbons (Fsp3) is 0.333. The molecule has 0 bridgehead atoms. The summed E-state index contributed by atoms with van der Waals surface area (Å²) in [5, 5.41) is 7.61. The highest BCUT2D eigenvalue weighted by Crippen LogP contribution is 2.33. The van der Waals surface area contributed by atoms with Gasteiger partial charge in [0.05, 0.1) is 18.9 Å². The van der Waals surface area contributed by atoms with Crippen LogP contribution in [0.1, 0.15) is 33.4 Å². The summed E-state index contributed by atoms with van der Waals surface area (Å²) in [6.45, 7) is 5.46. The summed E-state index contributed by atoms with van der Waals surface area (Å²) in [6.07, 6.45) is 2.47. The Balaban J connectivity index is 1.90. The second-order valence-corrected chi connectivity index (χ2v) is 8.70. The van der Waals surface area contributed by atoms with Crippen molar-refractivity contribution in [1.29, 1.82) is 5.41 Å². The summed E-state index contributed by atoms with van der Waals surface area (Å²) < 4.78 is 37.3. The molecule has 0 amide bonds. The highest BCUT2D eigenvalue weighted by atomic mass is 19.1. The molecular weight excluding hydrogens is 471 g/mol. The summed E-state index contributed by atoms with van der Waals surface area (Å²) in [5.41, 5.74) is 5.48. The number of nitrogens with one attached hydrogen (secondary N) is 1. The lowest BCUT2D eigenvalue weighted by molar-refractivity contribution is 0.132. The van der Waals surface area contributed by atoms with Crippen molar-refractivity contribution in [3.05, 3.63) is 93.8 Å². The maximum Gasteiger partial charge on any atom is 0.161 e. The molecular formula is C30H35FN2O4. The van der Waals surface area contributed by atoms with Gasteiger partial charge in [-0.3, -0.25) is 5.41 Å². The number of methoxy groups -OCH3 is 2. The van der Waals surface area contributed by atoms with Crippen LogP contribution in [0.25, 0.3) is 0 Å². The molecule has 196 valence electrons. The van der Waals surface area contributed by atoms with E-state index in [1.807, 2.05) is 19.1 Å². The second-order valence-electron chi connectivity index (χ2n) is 8.70. The number of halogens is 1. The van der Waals surface area contributed by atoms with Gasteiger partial charge in [-0.2, -0.15) is 0 Å². The molecule has 0 heterocycles. The third-order valence-corrected chi connectivity index (χ3v) is 5.94. The number of aliphatic imine (C=N–C) groups is 1. The number of hydrogen-bond acceptors (Lipinski definition) is 5. The summed E-state index contributed by atoms with van der Waals surface area (Å²) in [5.74, 6) is 0.653. The van der Waals surface area contributed by atoms with Gasteiger partial charge in [0.2, 0.25) is 0 Å². The fourth-order valence-electron chi connectivity index (χ4n) is 3.91. The molecule has 0 spiro atoms. The minimum atomic E-state index is -0.385. The first-order valence-corrected chi connectivity index (χ1v) is 12.3. The van der Waals surface area contributed by atoms with E-state index in [0.717, 1.165) is 30.3 Å². The van der Waals surface area contributed by atoms with Gasteiger partial charge in [0.15, 0.2) is 11.5 Å². The molecule has 0 aliphatic rings. The number of ether oxygens (including phenoxy) is 4. The van der Waals surface area contributed by atoms with Crippen molar-refractivity contribution in [3.8, 4) is 11.5 Å². The van der Waals surface area contributed by atoms with Crippen molar-refractivity contribution in [2.75, 3.05) is 40.6 Å². The van der Waals surface area contributed by atoms with E-state index < -0.39 is 0 Å². The van der Waals surface area contributed by atoms with Gasteiger partial charge in [0, 0.05) is 25.3 Å². The van der Waals surface area contributed by atoms with Gasteiger partial charge in [-0.15, -0.1) is 0 Å². The lowest BCUT2D eigenvalue weighted by Gasteiger charge is -2.17. The first kappa shape index (κ1) is 28.0. The Morgan fingerprint density at radius 2 is 1.38 bits per heavy atom. The van der Waals surface area contributed by atoms with E-state index in [9.17, 15) is 0 Å². The Labute approximate surface area is 218 Å². The molecule has 0 radical (unpaired) electrons. The summed E-state index contributed by atoms with van der Waals surface area (Å²) >= 11 is 0. The maximum absolute atomic E-state index is 15.4. The number of nitrogens with zero attached hydrogens (tertiary/aromatic N) is 1. The monoisotopic (exact) mass is 506 g/mol. The topological polar surface area (TPSA) is 73.1 Å². The lowest BCUT2D eigenvalue weighted by Crippen LogP contribution is -2.12. The van der Waals surface area contributed by atoms with E-state index in [4.69, 9.17) is 24.4 Å². The van der Waals surface area contributed by atoms with Crippen LogP contribution in [0.3, 0.4) is 0 Å². The van der Waals surface area contributed by atoms with Gasteiger partial charge in [-0.05, 0) is 67.6 Å². The molecule has 37 heavy (non-hydrogen) atoms. The molecule has 7 heteroatoms. The van der Waals surface area contributed by atoms with Crippen LogP contribution in [0.5, 0.6) is 11.5 Å². The zero-order valence-electron chi connectivity index (χ0n) is 22.0. The van der Waals surface area contributed by atoms with Crippen molar-refractivity contribution in [1.82, 2.24) is 0 Å². The number of rotatable bonds is 14. The molecule has 6 nitrogen and oxygen atoms in total. The van der Waals surface area contributed by atoms with E-state index in [1.165, 1.54) is 11.1 Å². The van der Waals surface area contributed by atoms with E-state index in [1.54, 1.807) is 32.4 Å². The average molecular weight is 507 g/mol. The van der Waals surface area contributed by atoms with Crippen molar-refractivity contribution >= 4 is 12.1 Å². The molecule has 0 aliphatic heterocycles. The van der Waals surface area contributed by atoms with Gasteiger partial charge >= 0.3 is 0 Å². The molecule has 0 aromatic heterocycles. The average Bonchev–Trinajstić information content (AvgIpc) is 2.89. The van der Waals surface area contributed by atoms with Crippen LogP contribution in [0.15, 0.2) is 59.6 Å². The van der Waals surface area contributed by atoms with Gasteiger partial charge in [0.1, 0.15) is 25.4 Å². The van der Waals surface area contributed by atoms with Crippen LogP contribution in [0.2, 0.25) is 0 Å². The summed E-state index contributed by atoms with van der Waals surface area (Å²) in [4.78, 5) is 4.24. The van der Waals surface area contributed by atoms with Gasteiger partial charge < -0.3 is 18.9 Å². The Bertz CT molecular complexity index is 1210. The Kier molecular flexibility index (Phi) is 10.8. The fourth-order valence-corrected chi connectivity index (χ4v) is 3.91. The molecule has 0 unspecified atom stereocenters. The zero-order chi connectivity index (χ0) is 26.6. The molecule has 0 saturated heterocycles. The van der Waals surface area contributed by atoms with Crippen LogP contribution in [-0.4, -0.2) is 52.7 Å². The van der Waals surface area contributed by atoms with Crippen molar-refractivity contribution < 1.29 is 23.3 Å². The van der Waals surface area contributed by atoms with E-state index >= 15 is 4.39 Å². The van der Waals surface area contributed by atoms with Crippen molar-refractivity contribution in [2.45, 2.75) is 26.7 Å². The molecule has 3 rings (SSSR count). The van der Waals surface area contributed by atoms with E-state index in [-0.39, 0.29) is 5.82 Å². The quantitative estimate of drug-likeness (QED) is 0.172. The minimum absolute atomic E-state index is 0.320. The standard InChI is InChI=1S/C30H35FN2O4/c1-21-5-7-23(8-6-21)9-10-24-11-12-25(27(31)18-24)30(33-20-32)26-19-29(37-16-14-35-4)28(17-22(26)2)36-15-13-34-3/h5-8,11-12,17-20,32H,9-10,13-16H2,1-4H3. The Morgan fingerprint density at radius 1 is 0.784 bits per heavy atom. The van der Waals surface area contributed by atoms with Crippen LogP contribution in [0.4, 0.5) is 4.39 Å². The van der Waals surface area contributed by atoms with E-state index in [2.05, 4.69) is 36.2 Å². The predicted octanol–water partition coefficient (Wildman–Crippen LogP) is 5.72. The molecule has 3 aromatic rings. The van der Waals surface area contributed by atoms with Crippen molar-refractivity contribution in [2.24, 2.45) is 4.99 Å². The van der Waals surface area contributed by atoms with Crippen LogP contribution in [-0.2, 0) is 22.3 Å². The number of hydrogen-bond donors (Lipinski definition) is 1.